The van der Waals surface area contributed by atoms with E-state index in [1.165, 1.54) is 11.6 Å². The van der Waals surface area contributed by atoms with Gasteiger partial charge in [-0.25, -0.2) is 4.79 Å². The minimum Gasteiger partial charge on any atom is -0.462 e. The van der Waals surface area contributed by atoms with Crippen LogP contribution in [-0.4, -0.2) is 24.3 Å². The number of aliphatic hydroxyl groups excluding tert-OH is 1. The van der Waals surface area contributed by atoms with Gasteiger partial charge in [-0.2, -0.15) is 5.26 Å². The molecule has 0 fully saturated rings. The van der Waals surface area contributed by atoms with Crippen molar-refractivity contribution in [1.29, 1.82) is 5.26 Å². The molecule has 0 bridgehead atoms. The molecule has 1 aromatic rings. The first-order chi connectivity index (χ1) is 10.5. The van der Waals surface area contributed by atoms with Crippen LogP contribution < -0.4 is 0 Å². The fourth-order valence-electron chi connectivity index (χ4n) is 0.942. The van der Waals surface area contributed by atoms with Crippen molar-refractivity contribution in [3.8, 4) is 6.07 Å². The second-order valence-corrected chi connectivity index (χ2v) is 3.94. The highest BCUT2D eigenvalue weighted by Gasteiger charge is 2.00. The topological polar surface area (TPSA) is 70.3 Å². The molecule has 4 nitrogen and oxygen atoms in total. The van der Waals surface area contributed by atoms with Gasteiger partial charge in [-0.1, -0.05) is 56.1 Å². The molecule has 1 rings (SSSR count). The third kappa shape index (κ3) is 15.4. The van der Waals surface area contributed by atoms with Gasteiger partial charge in [0.2, 0.25) is 0 Å². The van der Waals surface area contributed by atoms with Crippen LogP contribution in [0.4, 0.5) is 0 Å². The van der Waals surface area contributed by atoms with E-state index in [0.717, 1.165) is 0 Å². The molecule has 118 valence electrons. The molecular weight excluding hydrogens is 278 g/mol. The number of allylic oxidation sites excluding steroid dienone is 1. The highest BCUT2D eigenvalue weighted by Crippen LogP contribution is 1.97. The summed E-state index contributed by atoms with van der Waals surface area (Å²) in [4.78, 5) is 10.6. The Morgan fingerprint density at radius 2 is 1.91 bits per heavy atom. The lowest BCUT2D eigenvalue weighted by molar-refractivity contribution is -0.139. The van der Waals surface area contributed by atoms with E-state index in [1.807, 2.05) is 36.4 Å². The Labute approximate surface area is 132 Å². The number of nitrogens with zero attached hydrogens (tertiary/aromatic N) is 1. The van der Waals surface area contributed by atoms with Gasteiger partial charge >= 0.3 is 5.97 Å². The molecule has 0 aliphatic carbocycles. The van der Waals surface area contributed by atoms with E-state index in [4.69, 9.17) is 10.4 Å². The summed E-state index contributed by atoms with van der Waals surface area (Å²) >= 11 is 0. The molecule has 0 saturated carbocycles. The van der Waals surface area contributed by atoms with E-state index in [9.17, 15) is 4.79 Å². The maximum Gasteiger partial charge on any atom is 0.333 e. The lowest BCUT2D eigenvalue weighted by Crippen LogP contribution is -2.06. The van der Waals surface area contributed by atoms with Crippen LogP contribution in [0.2, 0.25) is 0 Å². The van der Waals surface area contributed by atoms with Crippen LogP contribution in [0.25, 0.3) is 6.08 Å². The Hall–Kier alpha value is -2.64. The van der Waals surface area contributed by atoms with E-state index >= 15 is 0 Å². The van der Waals surface area contributed by atoms with Crippen molar-refractivity contribution in [2.75, 3.05) is 13.2 Å². The molecule has 0 unspecified atom stereocenters. The van der Waals surface area contributed by atoms with Crippen molar-refractivity contribution in [3.05, 3.63) is 67.3 Å². The van der Waals surface area contributed by atoms with Crippen molar-refractivity contribution >= 4 is 12.0 Å². The molecule has 1 N–H and O–H groups in total. The van der Waals surface area contributed by atoms with E-state index in [-0.39, 0.29) is 13.2 Å². The summed E-state index contributed by atoms with van der Waals surface area (Å²) in [6, 6.07) is 11.7. The number of esters is 1. The molecule has 0 spiro atoms. The lowest BCUT2D eigenvalue weighted by atomic mass is 10.2. The summed E-state index contributed by atoms with van der Waals surface area (Å²) in [5.41, 5.74) is 1.56. The Morgan fingerprint density at radius 1 is 1.36 bits per heavy atom. The molecule has 0 heterocycles. The smallest absolute Gasteiger partial charge is 0.333 e. The summed E-state index contributed by atoms with van der Waals surface area (Å²) in [7, 11) is 0. The van der Waals surface area contributed by atoms with Crippen LogP contribution in [0.1, 0.15) is 18.9 Å². The Kier molecular flexibility index (Phi) is 16.2. The van der Waals surface area contributed by atoms with Gasteiger partial charge in [-0.05, 0) is 12.5 Å². The summed E-state index contributed by atoms with van der Waals surface area (Å²) < 4.78 is 4.65. The van der Waals surface area contributed by atoms with Gasteiger partial charge in [0.05, 0.1) is 12.7 Å². The number of aliphatic hydroxyl groups is 1. The zero-order valence-electron chi connectivity index (χ0n) is 13.0. The first-order valence-corrected chi connectivity index (χ1v) is 6.64. The summed E-state index contributed by atoms with van der Waals surface area (Å²) in [5, 5.41) is 15.8. The molecular formula is C18H23NO3. The fourth-order valence-corrected chi connectivity index (χ4v) is 0.942. The molecule has 1 aromatic carbocycles. The van der Waals surface area contributed by atoms with Crippen molar-refractivity contribution in [2.45, 2.75) is 13.3 Å². The number of carbonyl (C=O) groups excluding carboxylic acids is 1. The van der Waals surface area contributed by atoms with Gasteiger partial charge in [-0.3, -0.25) is 0 Å². The molecule has 0 aliphatic heterocycles. The van der Waals surface area contributed by atoms with E-state index < -0.39 is 5.97 Å². The van der Waals surface area contributed by atoms with E-state index in [2.05, 4.69) is 24.5 Å². The standard InChI is InChI=1S/C8H8.C7H12O3.C3H3N/c1-2-8-6-4-3-5-7-8;1-6(2)7(9)10-5-3-4-8;1-2-3-4/h2-7H,1H2;8H,1,3-5H2,2H3;2H,1H2. The minimum atomic E-state index is -0.395. The number of ether oxygens (including phenoxy) is 1. The maximum absolute atomic E-state index is 10.6. The third-order valence-electron chi connectivity index (χ3n) is 2.01. The van der Waals surface area contributed by atoms with Crippen LogP contribution in [0, 0.1) is 11.3 Å². The summed E-state index contributed by atoms with van der Waals surface area (Å²) in [6.07, 6.45) is 3.50. The lowest BCUT2D eigenvalue weighted by Gasteiger charge is -2.00. The van der Waals surface area contributed by atoms with Gasteiger partial charge in [-0.15, -0.1) is 0 Å². The first-order valence-electron chi connectivity index (χ1n) is 6.64. The van der Waals surface area contributed by atoms with Gasteiger partial charge in [0, 0.05) is 24.7 Å². The zero-order chi connectivity index (χ0) is 17.2. The number of hydrogen-bond acceptors (Lipinski definition) is 4. The van der Waals surface area contributed by atoms with Gasteiger partial charge in [0.1, 0.15) is 0 Å². The normalized spacial score (nSPS) is 7.86. The Bertz CT molecular complexity index is 487. The van der Waals surface area contributed by atoms with Crippen LogP contribution >= 0.6 is 0 Å². The molecule has 0 atom stereocenters. The molecule has 0 saturated heterocycles. The fraction of sp³-hybridized carbons (Fsp3) is 0.222. The van der Waals surface area contributed by atoms with Gasteiger partial charge in [0.25, 0.3) is 0 Å². The highest BCUT2D eigenvalue weighted by atomic mass is 16.5. The molecule has 0 aliphatic rings. The minimum absolute atomic E-state index is 0.0451. The van der Waals surface area contributed by atoms with Crippen LogP contribution in [0.15, 0.2) is 61.7 Å². The number of nitriles is 1. The highest BCUT2D eigenvalue weighted by molar-refractivity contribution is 5.86. The maximum atomic E-state index is 10.6. The molecule has 0 radical (unpaired) electrons. The zero-order valence-corrected chi connectivity index (χ0v) is 13.0. The predicted octanol–water partition coefficient (Wildman–Crippen LogP) is 3.51. The average Bonchev–Trinajstić information content (AvgIpc) is 2.56. The number of rotatable bonds is 5. The van der Waals surface area contributed by atoms with Crippen molar-refractivity contribution < 1.29 is 14.6 Å². The number of carbonyl (C=O) groups is 1. The second-order valence-electron chi connectivity index (χ2n) is 3.94. The van der Waals surface area contributed by atoms with Gasteiger partial charge < -0.3 is 9.84 Å². The van der Waals surface area contributed by atoms with Crippen molar-refractivity contribution in [2.24, 2.45) is 0 Å². The Morgan fingerprint density at radius 3 is 2.23 bits per heavy atom. The first kappa shape index (κ1) is 21.7. The average molecular weight is 301 g/mol. The Balaban J connectivity index is 0. The van der Waals surface area contributed by atoms with Gasteiger partial charge in [0.15, 0.2) is 0 Å². The number of hydrogen-bond donors (Lipinski definition) is 1. The third-order valence-corrected chi connectivity index (χ3v) is 2.01. The summed E-state index contributed by atoms with van der Waals surface area (Å²) in [5.74, 6) is -0.395. The van der Waals surface area contributed by atoms with Crippen LogP contribution in [-0.2, 0) is 9.53 Å². The summed E-state index contributed by atoms with van der Waals surface area (Å²) in [6.45, 7) is 12.0. The monoisotopic (exact) mass is 301 g/mol. The van der Waals surface area contributed by atoms with E-state index in [1.54, 1.807) is 13.0 Å². The SMILES string of the molecule is C=C(C)C(=O)OCCCO.C=CC#N.C=Cc1ccccc1. The number of benzene rings is 1. The largest absolute Gasteiger partial charge is 0.462 e. The van der Waals surface area contributed by atoms with Crippen molar-refractivity contribution in [3.63, 3.8) is 0 Å². The van der Waals surface area contributed by atoms with Crippen LogP contribution in [0.5, 0.6) is 0 Å². The predicted molar refractivity (Wildman–Crippen MR) is 89.8 cm³/mol. The second kappa shape index (κ2) is 16.4. The molecule has 0 aromatic heterocycles. The van der Waals surface area contributed by atoms with E-state index in [0.29, 0.717) is 12.0 Å². The molecule has 4 heteroatoms. The quantitative estimate of drug-likeness (QED) is 0.391. The van der Waals surface area contributed by atoms with Crippen molar-refractivity contribution in [1.82, 2.24) is 0 Å². The molecule has 0 amide bonds. The molecule has 22 heavy (non-hydrogen) atoms. The van der Waals surface area contributed by atoms with Crippen LogP contribution in [0.3, 0.4) is 0 Å².